The summed E-state index contributed by atoms with van der Waals surface area (Å²) in [5.74, 6) is 1.41. The number of carbonyl (C=O) groups is 1. The minimum atomic E-state index is -0.602. The van der Waals surface area contributed by atoms with Crippen LogP contribution in [0.4, 0.5) is 0 Å². The summed E-state index contributed by atoms with van der Waals surface area (Å²) in [5.41, 5.74) is 0.315. The zero-order valence-corrected chi connectivity index (χ0v) is 15.3. The second-order valence-corrected chi connectivity index (χ2v) is 8.43. The van der Waals surface area contributed by atoms with E-state index in [0.717, 1.165) is 40.4 Å². The van der Waals surface area contributed by atoms with E-state index in [0.29, 0.717) is 25.2 Å². The van der Waals surface area contributed by atoms with Crippen LogP contribution in [0.3, 0.4) is 0 Å². The van der Waals surface area contributed by atoms with Crippen molar-refractivity contribution in [3.05, 3.63) is 23.2 Å². The maximum absolute atomic E-state index is 12.5. The summed E-state index contributed by atoms with van der Waals surface area (Å²) in [6.45, 7) is 3.46. The first-order chi connectivity index (χ1) is 12.4. The molecule has 1 atom stereocenters. The number of thiazole rings is 1. The Morgan fingerprint density at radius 1 is 1.46 bits per heavy atom. The maximum atomic E-state index is 12.5. The molecule has 1 N–H and O–H groups in total. The van der Waals surface area contributed by atoms with E-state index in [2.05, 4.69) is 4.98 Å². The monoisotopic (exact) mass is 374 g/mol. The summed E-state index contributed by atoms with van der Waals surface area (Å²) in [7, 11) is 1.83. The van der Waals surface area contributed by atoms with Crippen molar-refractivity contribution < 1.29 is 19.0 Å². The van der Waals surface area contributed by atoms with Crippen molar-refractivity contribution in [3.8, 4) is 5.75 Å². The highest BCUT2D eigenvalue weighted by molar-refractivity contribution is 7.18. The van der Waals surface area contributed by atoms with Crippen LogP contribution < -0.4 is 4.74 Å². The number of benzene rings is 1. The summed E-state index contributed by atoms with van der Waals surface area (Å²) < 4.78 is 7.51. The summed E-state index contributed by atoms with van der Waals surface area (Å²) in [6, 6.07) is 5.80. The van der Waals surface area contributed by atoms with E-state index in [4.69, 9.17) is 4.74 Å². The van der Waals surface area contributed by atoms with Crippen molar-refractivity contribution in [3.63, 3.8) is 0 Å². The molecule has 140 valence electrons. The lowest BCUT2D eigenvalue weighted by Gasteiger charge is -2.60. The van der Waals surface area contributed by atoms with Crippen LogP contribution >= 0.6 is 11.3 Å². The maximum Gasteiger partial charge on any atom is 0.169 e. The number of fused-ring (bicyclic) bond motifs is 4. The van der Waals surface area contributed by atoms with Gasteiger partial charge in [0.05, 0.1) is 30.3 Å². The number of methoxy groups -OCH3 is 1. The van der Waals surface area contributed by atoms with Gasteiger partial charge in [-0.05, 0) is 37.5 Å². The van der Waals surface area contributed by atoms with E-state index in [1.165, 1.54) is 17.5 Å². The predicted molar refractivity (Wildman–Crippen MR) is 107 cm³/mol. The number of aromatic nitrogens is 1. The van der Waals surface area contributed by atoms with Gasteiger partial charge in [0.2, 0.25) is 0 Å². The Labute approximate surface area is 159 Å². The van der Waals surface area contributed by atoms with Crippen molar-refractivity contribution in [2.45, 2.75) is 37.7 Å². The van der Waals surface area contributed by atoms with Crippen LogP contribution in [0.25, 0.3) is 10.2 Å². The van der Waals surface area contributed by atoms with Crippen LogP contribution in [-0.4, -0.2) is 60.6 Å². The first-order valence-electron chi connectivity index (χ1n) is 8.96. The van der Waals surface area contributed by atoms with Crippen LogP contribution in [0.2, 0.25) is 0 Å². The average Bonchev–Trinajstić information content (AvgIpc) is 3.01. The lowest BCUT2D eigenvalue weighted by molar-refractivity contribution is -0.846. The molecule has 5 rings (SSSR count). The topological polar surface area (TPSA) is 59.4 Å². The van der Waals surface area contributed by atoms with Crippen LogP contribution in [-0.2, 0) is 11.2 Å². The zero-order valence-electron chi connectivity index (χ0n) is 14.5. The number of rotatable bonds is 6. The molecule has 0 aliphatic carbocycles. The van der Waals surface area contributed by atoms with E-state index >= 15 is 0 Å². The molecule has 0 spiro atoms. The Kier molecular flexibility index (Phi) is 4.57. The molecule has 1 unspecified atom stereocenters. The molecule has 3 aliphatic heterocycles. The molecule has 0 amide bonds. The van der Waals surface area contributed by atoms with Crippen molar-refractivity contribution in [2.24, 2.45) is 5.92 Å². The summed E-state index contributed by atoms with van der Waals surface area (Å²) in [5, 5.41) is 12.0. The van der Waals surface area contributed by atoms with Gasteiger partial charge in [0.15, 0.2) is 7.98 Å². The van der Waals surface area contributed by atoms with Gasteiger partial charge in [-0.3, -0.25) is 4.79 Å². The van der Waals surface area contributed by atoms with Crippen molar-refractivity contribution in [1.29, 1.82) is 0 Å². The predicted octanol–water partition coefficient (Wildman–Crippen LogP) is 1.45. The highest BCUT2D eigenvalue weighted by atomic mass is 32.1. The van der Waals surface area contributed by atoms with E-state index in [1.54, 1.807) is 18.4 Å². The van der Waals surface area contributed by atoms with E-state index < -0.39 is 5.60 Å². The van der Waals surface area contributed by atoms with E-state index in [-0.39, 0.29) is 13.8 Å². The quantitative estimate of drug-likeness (QED) is 0.778. The number of Topliss-reactive ketones (excluding diaryl/α,β-unsaturated/α-hetero) is 1. The number of nitrogens with zero attached hydrogens (tertiary/aromatic N) is 2. The number of aliphatic hydroxyl groups is 1. The smallest absolute Gasteiger partial charge is 0.169 e. The molecule has 3 fully saturated rings. The standard InChI is InChI=1S/C19H27BN2O3S/c1-25-15-2-3-16-17(11-15)26-18(21-16)10-14(23)4-7-19(24)12-22(20)8-5-13(19)6-9-22/h2-3,11,13,24H,4-10,12H2,1,20H3. The van der Waals surface area contributed by atoms with Crippen molar-refractivity contribution >= 4 is 35.3 Å². The van der Waals surface area contributed by atoms with Gasteiger partial charge in [0.25, 0.3) is 0 Å². The van der Waals surface area contributed by atoms with E-state index in [1.807, 2.05) is 18.2 Å². The largest absolute Gasteiger partial charge is 0.520 e. The Bertz CT molecular complexity index is 831. The molecule has 1 aromatic carbocycles. The molecule has 26 heavy (non-hydrogen) atoms. The molecule has 2 bridgehead atoms. The van der Waals surface area contributed by atoms with Gasteiger partial charge in [0, 0.05) is 25.4 Å². The molecule has 4 heterocycles. The van der Waals surface area contributed by atoms with Crippen molar-refractivity contribution in [1.82, 2.24) is 4.98 Å². The van der Waals surface area contributed by atoms with Crippen LogP contribution in [0.1, 0.15) is 30.7 Å². The molecular formula is C19H27BN2O3S. The molecule has 0 saturated carbocycles. The van der Waals surface area contributed by atoms with Gasteiger partial charge in [-0.2, -0.15) is 0 Å². The highest BCUT2D eigenvalue weighted by Crippen LogP contribution is 2.41. The first kappa shape index (κ1) is 18.0. The molecule has 5 nitrogen and oxygen atoms in total. The van der Waals surface area contributed by atoms with Crippen molar-refractivity contribution in [2.75, 3.05) is 26.7 Å². The number of quaternary nitrogens is 1. The average molecular weight is 374 g/mol. The number of carbonyl (C=O) groups excluding carboxylic acids is 1. The fourth-order valence-corrected chi connectivity index (χ4v) is 5.22. The van der Waals surface area contributed by atoms with Gasteiger partial charge >= 0.3 is 0 Å². The Morgan fingerprint density at radius 3 is 2.92 bits per heavy atom. The molecule has 0 radical (unpaired) electrons. The number of hydrogen-bond donors (Lipinski definition) is 1. The summed E-state index contributed by atoms with van der Waals surface area (Å²) in [4.78, 5) is 17.1. The minimum Gasteiger partial charge on any atom is -0.520 e. The van der Waals surface area contributed by atoms with Crippen LogP contribution in [0, 0.1) is 5.92 Å². The van der Waals surface area contributed by atoms with Gasteiger partial charge in [-0.25, -0.2) is 4.98 Å². The van der Waals surface area contributed by atoms with Gasteiger partial charge < -0.3 is 14.2 Å². The third-order valence-corrected chi connectivity index (χ3v) is 6.69. The van der Waals surface area contributed by atoms with Crippen LogP contribution in [0.15, 0.2) is 18.2 Å². The second-order valence-electron chi connectivity index (χ2n) is 7.31. The normalized spacial score (nSPS) is 30.7. The molecular weight excluding hydrogens is 347 g/mol. The Balaban J connectivity index is 1.38. The first-order valence-corrected chi connectivity index (χ1v) is 9.77. The number of piperidine rings is 3. The fraction of sp³-hybridized carbons (Fsp3) is 0.579. The molecule has 3 saturated heterocycles. The Hall–Kier alpha value is -1.44. The van der Waals surface area contributed by atoms with Gasteiger partial charge in [0.1, 0.15) is 22.1 Å². The summed E-state index contributed by atoms with van der Waals surface area (Å²) in [6.07, 6.45) is 3.76. The Morgan fingerprint density at radius 2 is 2.23 bits per heavy atom. The summed E-state index contributed by atoms with van der Waals surface area (Å²) >= 11 is 1.56. The SMILES string of the molecule is [BH3-][N+]12CCC(CC1)C(O)(CCC(=O)Cc1nc3ccc(OC)cc3s1)C2. The molecule has 2 aromatic rings. The zero-order chi connectivity index (χ0) is 18.4. The number of ketones is 1. The number of hydrogen-bond acceptors (Lipinski definition) is 5. The third kappa shape index (κ3) is 3.40. The highest BCUT2D eigenvalue weighted by Gasteiger charge is 2.49. The minimum absolute atomic E-state index is 0.179. The lowest BCUT2D eigenvalue weighted by atomic mass is 9.69. The van der Waals surface area contributed by atoms with Gasteiger partial charge in [-0.1, -0.05) is 0 Å². The van der Waals surface area contributed by atoms with E-state index in [9.17, 15) is 9.90 Å². The van der Waals surface area contributed by atoms with Crippen LogP contribution in [0.5, 0.6) is 5.75 Å². The molecule has 1 aromatic heterocycles. The lowest BCUT2D eigenvalue weighted by Crippen LogP contribution is -2.68. The molecule has 7 heteroatoms. The third-order valence-electron chi connectivity index (χ3n) is 5.67. The van der Waals surface area contributed by atoms with Gasteiger partial charge in [-0.15, -0.1) is 11.3 Å². The molecule has 3 aliphatic rings. The number of ether oxygens (including phenoxy) is 1. The second kappa shape index (κ2) is 6.62. The fourth-order valence-electron chi connectivity index (χ4n) is 4.20.